The predicted molar refractivity (Wildman–Crippen MR) is 80.1 cm³/mol. The molecule has 0 aliphatic heterocycles. The van der Waals surface area contributed by atoms with Crippen molar-refractivity contribution in [2.24, 2.45) is 11.8 Å². The molecule has 0 saturated heterocycles. The fourth-order valence-corrected chi connectivity index (χ4v) is 2.17. The van der Waals surface area contributed by atoms with Crippen LogP contribution in [-0.4, -0.2) is 6.10 Å². The maximum absolute atomic E-state index is 8.31. The van der Waals surface area contributed by atoms with Gasteiger partial charge in [0.1, 0.15) is 6.10 Å². The van der Waals surface area contributed by atoms with E-state index in [2.05, 4.69) is 31.4 Å². The summed E-state index contributed by atoms with van der Waals surface area (Å²) in [6, 6.07) is 0. The summed E-state index contributed by atoms with van der Waals surface area (Å²) in [6.45, 7) is 16.1. The monoisotopic (exact) mass is 267 g/mol. The minimum Gasteiger partial charge on any atom is -0.254 e. The van der Waals surface area contributed by atoms with E-state index in [0.717, 1.165) is 12.8 Å². The molecule has 0 aromatic carbocycles. The average Bonchev–Trinajstić information content (AvgIpc) is 2.48. The highest BCUT2D eigenvalue weighted by molar-refractivity contribution is 5.24. The van der Waals surface area contributed by atoms with Gasteiger partial charge in [-0.1, -0.05) is 60.3 Å². The van der Waals surface area contributed by atoms with E-state index in [1.165, 1.54) is 11.8 Å². The van der Waals surface area contributed by atoms with Crippen molar-refractivity contribution in [3.63, 3.8) is 0 Å². The summed E-state index contributed by atoms with van der Waals surface area (Å²) in [5.74, 6) is 0.714. The van der Waals surface area contributed by atoms with Crippen molar-refractivity contribution in [3.05, 3.63) is 24.3 Å². The maximum atomic E-state index is 8.31. The van der Waals surface area contributed by atoms with E-state index in [1.807, 2.05) is 33.8 Å². The topological polar surface area (TPSA) is 42.2 Å². The number of allylic oxidation sites excluding steroid dienone is 2. The second-order valence-corrected chi connectivity index (χ2v) is 4.06. The van der Waals surface area contributed by atoms with Gasteiger partial charge >= 0.3 is 6.26 Å². The van der Waals surface area contributed by atoms with Crippen molar-refractivity contribution in [1.29, 1.82) is 5.26 Å². The molecular formula is C16H29NO2. The molecule has 0 fully saturated rings. The third kappa shape index (κ3) is 7.03. The van der Waals surface area contributed by atoms with Crippen LogP contribution in [0.15, 0.2) is 24.3 Å². The van der Waals surface area contributed by atoms with Crippen LogP contribution >= 0.6 is 0 Å². The number of hydrogen-bond acceptors (Lipinski definition) is 3. The Hall–Kier alpha value is -1.27. The zero-order valence-corrected chi connectivity index (χ0v) is 13.3. The average molecular weight is 267 g/mol. The van der Waals surface area contributed by atoms with Crippen LogP contribution in [0, 0.1) is 23.4 Å². The Morgan fingerprint density at radius 2 is 1.95 bits per heavy atom. The Morgan fingerprint density at radius 3 is 2.37 bits per heavy atom. The molecule has 0 saturated carbocycles. The van der Waals surface area contributed by atoms with E-state index in [0.29, 0.717) is 5.92 Å². The van der Waals surface area contributed by atoms with Crippen LogP contribution in [-0.2, 0) is 9.78 Å². The first-order valence-corrected chi connectivity index (χ1v) is 7.24. The first kappa shape index (κ1) is 20.1. The van der Waals surface area contributed by atoms with Gasteiger partial charge in [0.15, 0.2) is 0 Å². The molecule has 0 heterocycles. The zero-order valence-electron chi connectivity index (χ0n) is 13.3. The van der Waals surface area contributed by atoms with Crippen molar-refractivity contribution >= 4 is 0 Å². The molecule has 1 rings (SSSR count). The van der Waals surface area contributed by atoms with Crippen molar-refractivity contribution in [3.8, 4) is 6.26 Å². The van der Waals surface area contributed by atoms with Crippen LogP contribution in [0.2, 0.25) is 0 Å². The number of hydrogen-bond donors (Lipinski definition) is 0. The van der Waals surface area contributed by atoms with Crippen molar-refractivity contribution in [1.82, 2.24) is 0 Å². The van der Waals surface area contributed by atoms with Crippen LogP contribution in [0.3, 0.4) is 0 Å². The molecule has 19 heavy (non-hydrogen) atoms. The third-order valence-corrected chi connectivity index (χ3v) is 2.78. The van der Waals surface area contributed by atoms with E-state index in [1.54, 1.807) is 0 Å². The summed E-state index contributed by atoms with van der Waals surface area (Å²) >= 11 is 0. The minimum absolute atomic E-state index is 0.0392. The highest BCUT2D eigenvalue weighted by Gasteiger charge is 2.31. The molecule has 0 aromatic heterocycles. The van der Waals surface area contributed by atoms with Gasteiger partial charge in [-0.3, -0.25) is 4.89 Å². The van der Waals surface area contributed by atoms with Gasteiger partial charge in [0.05, 0.1) is 0 Å². The molecule has 1 aliphatic rings. The first-order valence-electron chi connectivity index (χ1n) is 7.24. The lowest BCUT2D eigenvalue weighted by atomic mass is 9.78. The second kappa shape index (κ2) is 13.2. The summed E-state index contributed by atoms with van der Waals surface area (Å²) < 4.78 is 0. The lowest BCUT2D eigenvalue weighted by molar-refractivity contribution is -0.287. The number of nitriles is 1. The van der Waals surface area contributed by atoms with Crippen LogP contribution in [0.25, 0.3) is 0 Å². The molecule has 2 atom stereocenters. The molecule has 0 aromatic rings. The predicted octanol–water partition coefficient (Wildman–Crippen LogP) is 5.02. The first-order chi connectivity index (χ1) is 9.20. The van der Waals surface area contributed by atoms with Gasteiger partial charge in [0.25, 0.3) is 0 Å². The van der Waals surface area contributed by atoms with Crippen LogP contribution in [0.5, 0.6) is 0 Å². The molecular weight excluding hydrogens is 238 g/mol. The SMILES string of the molecule is C=CC1=CCCC(OOC#N)C1C(C)C.CC.CC. The van der Waals surface area contributed by atoms with Gasteiger partial charge in [-0.15, -0.1) is 5.26 Å². The quantitative estimate of drug-likeness (QED) is 0.408. The molecule has 2 unspecified atom stereocenters. The molecule has 0 bridgehead atoms. The normalized spacial score (nSPS) is 20.8. The Bertz CT molecular complexity index is 290. The molecule has 3 nitrogen and oxygen atoms in total. The zero-order chi connectivity index (χ0) is 15.3. The molecule has 0 radical (unpaired) electrons. The summed E-state index contributed by atoms with van der Waals surface area (Å²) in [5.41, 5.74) is 1.20. The molecule has 0 spiro atoms. The Kier molecular flexibility index (Phi) is 13.9. The van der Waals surface area contributed by atoms with E-state index in [4.69, 9.17) is 10.1 Å². The highest BCUT2D eigenvalue weighted by atomic mass is 17.2. The summed E-state index contributed by atoms with van der Waals surface area (Å²) in [4.78, 5) is 9.48. The molecule has 0 N–H and O–H groups in total. The lowest BCUT2D eigenvalue weighted by Gasteiger charge is -2.32. The van der Waals surface area contributed by atoms with Crippen LogP contribution in [0.4, 0.5) is 0 Å². The van der Waals surface area contributed by atoms with Gasteiger partial charge in [0, 0.05) is 5.92 Å². The van der Waals surface area contributed by atoms with Gasteiger partial charge < -0.3 is 0 Å². The second-order valence-electron chi connectivity index (χ2n) is 4.06. The molecule has 1 aliphatic carbocycles. The smallest absolute Gasteiger partial charge is 0.254 e. The number of nitrogens with zero attached hydrogens (tertiary/aromatic N) is 1. The number of rotatable bonds is 4. The van der Waals surface area contributed by atoms with E-state index < -0.39 is 0 Å². The largest absolute Gasteiger partial charge is 0.324 e. The highest BCUT2D eigenvalue weighted by Crippen LogP contribution is 2.33. The van der Waals surface area contributed by atoms with Gasteiger partial charge in [-0.2, -0.15) is 4.89 Å². The van der Waals surface area contributed by atoms with Crippen LogP contribution in [0.1, 0.15) is 54.4 Å². The standard InChI is InChI=1S/C12H17NO2.2C2H6/c1-4-10-6-5-7-11(15-14-8-13)12(10)9(2)3;2*1-2/h4,6,9,11-12H,1,5,7H2,2-3H3;2*1-2H3. The van der Waals surface area contributed by atoms with Gasteiger partial charge in [0.2, 0.25) is 0 Å². The Labute approximate surface area is 118 Å². The van der Waals surface area contributed by atoms with E-state index >= 15 is 0 Å². The molecule has 110 valence electrons. The fourth-order valence-electron chi connectivity index (χ4n) is 2.17. The van der Waals surface area contributed by atoms with E-state index in [-0.39, 0.29) is 12.0 Å². The Morgan fingerprint density at radius 1 is 1.37 bits per heavy atom. The van der Waals surface area contributed by atoms with Gasteiger partial charge in [-0.05, 0) is 24.3 Å². The third-order valence-electron chi connectivity index (χ3n) is 2.78. The van der Waals surface area contributed by atoms with Gasteiger partial charge in [-0.25, -0.2) is 0 Å². The molecule has 0 amide bonds. The van der Waals surface area contributed by atoms with Crippen LogP contribution < -0.4 is 0 Å². The van der Waals surface area contributed by atoms with Crippen molar-refractivity contribution < 1.29 is 9.78 Å². The summed E-state index contributed by atoms with van der Waals surface area (Å²) in [7, 11) is 0. The van der Waals surface area contributed by atoms with Crippen molar-refractivity contribution in [2.75, 3.05) is 0 Å². The fraction of sp³-hybridized carbons (Fsp3) is 0.688. The summed E-state index contributed by atoms with van der Waals surface area (Å²) in [6.07, 6.45) is 7.39. The molecule has 3 heteroatoms. The summed E-state index contributed by atoms with van der Waals surface area (Å²) in [5, 5.41) is 8.31. The minimum atomic E-state index is -0.0392. The lowest BCUT2D eigenvalue weighted by Crippen LogP contribution is -2.31. The van der Waals surface area contributed by atoms with Crippen molar-refractivity contribution in [2.45, 2.75) is 60.5 Å². The maximum Gasteiger partial charge on any atom is 0.324 e. The Balaban J connectivity index is 0. The van der Waals surface area contributed by atoms with E-state index in [9.17, 15) is 0 Å².